The lowest BCUT2D eigenvalue weighted by atomic mass is 10.1. The van der Waals surface area contributed by atoms with Crippen LogP contribution in [0.4, 0.5) is 5.82 Å². The molecule has 3 N–H and O–H groups in total. The van der Waals surface area contributed by atoms with Gasteiger partial charge in [-0.25, -0.2) is 9.97 Å². The summed E-state index contributed by atoms with van der Waals surface area (Å²) >= 11 is 4.62. The van der Waals surface area contributed by atoms with Crippen molar-refractivity contribution in [3.8, 4) is 0 Å². The highest BCUT2D eigenvalue weighted by atomic mass is 32.1. The molecule has 17 heavy (non-hydrogen) atoms. The Labute approximate surface area is 104 Å². The van der Waals surface area contributed by atoms with Crippen LogP contribution in [0.15, 0.2) is 36.5 Å². The van der Waals surface area contributed by atoms with Gasteiger partial charge in [-0.3, -0.25) is 0 Å². The van der Waals surface area contributed by atoms with E-state index in [1.807, 2.05) is 30.3 Å². The highest BCUT2D eigenvalue weighted by molar-refractivity contribution is 7.80. The summed E-state index contributed by atoms with van der Waals surface area (Å²) in [6.07, 6.45) is 2.05. The smallest absolute Gasteiger partial charge is 0.194 e. The van der Waals surface area contributed by atoms with Gasteiger partial charge in [-0.05, 0) is 17.8 Å². The minimum atomic E-state index is -0.284. The van der Waals surface area contributed by atoms with Gasteiger partial charge in [0.25, 0.3) is 0 Å². The van der Waals surface area contributed by atoms with Crippen molar-refractivity contribution in [1.29, 1.82) is 0 Å². The fraction of sp³-hybridized carbons (Fsp3) is 0.0833. The Balaban J connectivity index is 2.24. The van der Waals surface area contributed by atoms with E-state index in [1.54, 1.807) is 0 Å². The van der Waals surface area contributed by atoms with E-state index in [0.717, 1.165) is 5.56 Å². The third-order valence-electron chi connectivity index (χ3n) is 2.30. The average Bonchev–Trinajstić information content (AvgIpc) is 2.30. The van der Waals surface area contributed by atoms with Gasteiger partial charge in [0.1, 0.15) is 11.6 Å². The molecule has 2 rings (SSSR count). The number of nitrogens with two attached hydrogens (primary N) is 1. The Kier molecular flexibility index (Phi) is 3.30. The quantitative estimate of drug-likeness (QED) is 0.808. The van der Waals surface area contributed by atoms with Crippen LogP contribution in [0.25, 0.3) is 0 Å². The minimum Gasteiger partial charge on any atom is -0.498 e. The molecule has 0 aliphatic rings. The second-order valence-corrected chi connectivity index (χ2v) is 3.94. The largest absolute Gasteiger partial charge is 0.498 e. The first-order valence-corrected chi connectivity index (χ1v) is 5.46. The van der Waals surface area contributed by atoms with Crippen LogP contribution in [-0.4, -0.2) is 20.1 Å². The normalized spacial score (nSPS) is 10.1. The maximum Gasteiger partial charge on any atom is 0.194 e. The molecule has 1 aromatic heterocycles. The van der Waals surface area contributed by atoms with Crippen LogP contribution in [-0.2, 0) is 6.42 Å². The van der Waals surface area contributed by atoms with Gasteiger partial charge in [0, 0.05) is 12.6 Å². The van der Waals surface area contributed by atoms with Crippen LogP contribution >= 0.6 is 12.2 Å². The summed E-state index contributed by atoms with van der Waals surface area (Å²) in [6, 6.07) is 9.84. The molecule has 2 aromatic rings. The predicted molar refractivity (Wildman–Crippen MR) is 70.0 cm³/mol. The van der Waals surface area contributed by atoms with Gasteiger partial charge >= 0.3 is 0 Å². The molecular formula is C12H11N3OS. The molecular weight excluding hydrogens is 234 g/mol. The third kappa shape index (κ3) is 2.76. The van der Waals surface area contributed by atoms with Gasteiger partial charge in [0.2, 0.25) is 0 Å². The number of anilines is 1. The van der Waals surface area contributed by atoms with Gasteiger partial charge in [-0.2, -0.15) is 0 Å². The van der Waals surface area contributed by atoms with Gasteiger partial charge in [0.05, 0.1) is 5.56 Å². The summed E-state index contributed by atoms with van der Waals surface area (Å²) in [6.45, 7) is 0. The number of aliphatic hydroxyl groups excluding tert-OH is 1. The summed E-state index contributed by atoms with van der Waals surface area (Å²) in [4.78, 5) is 8.23. The number of aliphatic hydroxyl groups is 1. The Morgan fingerprint density at radius 2 is 2.00 bits per heavy atom. The Bertz CT molecular complexity index is 543. The Morgan fingerprint density at radius 1 is 1.29 bits per heavy atom. The van der Waals surface area contributed by atoms with Crippen LogP contribution < -0.4 is 5.73 Å². The molecule has 0 atom stereocenters. The second kappa shape index (κ2) is 4.88. The lowest BCUT2D eigenvalue weighted by molar-refractivity contribution is 0.570. The number of thiocarbonyl (C=S) groups is 1. The van der Waals surface area contributed by atoms with Crippen molar-refractivity contribution in [2.24, 2.45) is 0 Å². The molecule has 0 amide bonds. The molecule has 0 bridgehead atoms. The predicted octanol–water partition coefficient (Wildman–Crippen LogP) is 1.88. The first-order valence-electron chi connectivity index (χ1n) is 5.05. The van der Waals surface area contributed by atoms with Gasteiger partial charge in [-0.1, -0.05) is 30.3 Å². The van der Waals surface area contributed by atoms with E-state index in [-0.39, 0.29) is 10.9 Å². The van der Waals surface area contributed by atoms with Crippen molar-refractivity contribution in [2.45, 2.75) is 6.42 Å². The number of nitrogens with zero attached hydrogens (tertiary/aromatic N) is 2. The fourth-order valence-electron chi connectivity index (χ4n) is 1.46. The van der Waals surface area contributed by atoms with E-state index in [2.05, 4.69) is 22.2 Å². The molecule has 1 heterocycles. The summed E-state index contributed by atoms with van der Waals surface area (Å²) in [5.41, 5.74) is 7.08. The summed E-state index contributed by atoms with van der Waals surface area (Å²) in [5.74, 6) is 0.812. The van der Waals surface area contributed by atoms with Crippen LogP contribution in [0.3, 0.4) is 0 Å². The van der Waals surface area contributed by atoms with Crippen LogP contribution in [0.5, 0.6) is 0 Å². The molecule has 0 aliphatic carbocycles. The molecule has 4 nitrogen and oxygen atoms in total. The zero-order valence-electron chi connectivity index (χ0n) is 9.00. The van der Waals surface area contributed by atoms with E-state index < -0.39 is 0 Å². The first kappa shape index (κ1) is 11.5. The standard InChI is InChI=1S/C12H11N3OS/c13-11-9(12(16)17)7-14-10(15-11)6-8-4-2-1-3-5-8/h1-5,7H,6H2,(H,16,17)(H2,13,14,15). The molecule has 0 saturated heterocycles. The monoisotopic (exact) mass is 245 g/mol. The van der Waals surface area contributed by atoms with E-state index in [4.69, 9.17) is 10.8 Å². The third-order valence-corrected chi connectivity index (χ3v) is 2.52. The molecule has 0 aliphatic heterocycles. The highest BCUT2D eigenvalue weighted by Gasteiger charge is 2.08. The summed E-state index contributed by atoms with van der Waals surface area (Å²) < 4.78 is 0. The van der Waals surface area contributed by atoms with Gasteiger partial charge in [-0.15, -0.1) is 0 Å². The number of hydrogen-bond acceptors (Lipinski definition) is 4. The topological polar surface area (TPSA) is 72.0 Å². The van der Waals surface area contributed by atoms with Crippen molar-refractivity contribution >= 4 is 23.1 Å². The highest BCUT2D eigenvalue weighted by Crippen LogP contribution is 2.11. The average molecular weight is 245 g/mol. The van der Waals surface area contributed by atoms with Crippen LogP contribution in [0.2, 0.25) is 0 Å². The zero-order chi connectivity index (χ0) is 12.3. The lowest BCUT2D eigenvalue weighted by Crippen LogP contribution is -2.08. The molecule has 0 spiro atoms. The number of aromatic nitrogens is 2. The zero-order valence-corrected chi connectivity index (χ0v) is 9.81. The molecule has 1 aromatic carbocycles. The molecule has 0 unspecified atom stereocenters. The number of benzene rings is 1. The number of nitrogen functional groups attached to an aromatic ring is 1. The molecule has 0 saturated carbocycles. The van der Waals surface area contributed by atoms with Crippen LogP contribution in [0, 0.1) is 0 Å². The Morgan fingerprint density at radius 3 is 2.59 bits per heavy atom. The number of rotatable bonds is 3. The van der Waals surface area contributed by atoms with Crippen molar-refractivity contribution in [2.75, 3.05) is 5.73 Å². The fourth-order valence-corrected chi connectivity index (χ4v) is 1.62. The van der Waals surface area contributed by atoms with Crippen molar-refractivity contribution in [3.05, 3.63) is 53.5 Å². The van der Waals surface area contributed by atoms with E-state index >= 15 is 0 Å². The van der Waals surface area contributed by atoms with Crippen molar-refractivity contribution < 1.29 is 5.11 Å². The maximum atomic E-state index is 9.16. The molecule has 5 heteroatoms. The van der Waals surface area contributed by atoms with Crippen LogP contribution in [0.1, 0.15) is 17.0 Å². The van der Waals surface area contributed by atoms with Crippen molar-refractivity contribution in [1.82, 2.24) is 9.97 Å². The lowest BCUT2D eigenvalue weighted by Gasteiger charge is -2.04. The number of hydrogen-bond donors (Lipinski definition) is 2. The SMILES string of the molecule is Nc1nc(Cc2ccccc2)ncc1C(O)=S. The summed E-state index contributed by atoms with van der Waals surface area (Å²) in [5, 5.41) is 8.87. The Hall–Kier alpha value is -2.01. The van der Waals surface area contributed by atoms with Gasteiger partial charge < -0.3 is 10.8 Å². The summed E-state index contributed by atoms with van der Waals surface area (Å²) in [7, 11) is 0. The molecule has 0 fully saturated rings. The van der Waals surface area contributed by atoms with E-state index in [0.29, 0.717) is 17.8 Å². The van der Waals surface area contributed by atoms with E-state index in [9.17, 15) is 0 Å². The first-order chi connectivity index (χ1) is 8.16. The second-order valence-electron chi connectivity index (χ2n) is 3.55. The van der Waals surface area contributed by atoms with Crippen molar-refractivity contribution in [3.63, 3.8) is 0 Å². The molecule has 86 valence electrons. The maximum absolute atomic E-state index is 9.16. The van der Waals surface area contributed by atoms with Gasteiger partial charge in [0.15, 0.2) is 5.05 Å². The minimum absolute atomic E-state index is 0.207. The van der Waals surface area contributed by atoms with E-state index in [1.165, 1.54) is 6.20 Å². The molecule has 0 radical (unpaired) electrons.